The van der Waals surface area contributed by atoms with Gasteiger partial charge in [0.05, 0.1) is 29.8 Å². The van der Waals surface area contributed by atoms with Crippen LogP contribution in [0.2, 0.25) is 0 Å². The normalized spacial score (nSPS) is 19.0. The van der Waals surface area contributed by atoms with Crippen molar-refractivity contribution in [3.8, 4) is 12.1 Å². The molecule has 1 amide bonds. The summed E-state index contributed by atoms with van der Waals surface area (Å²) in [7, 11) is 0. The lowest BCUT2D eigenvalue weighted by Gasteiger charge is -2.40. The van der Waals surface area contributed by atoms with Crippen LogP contribution in [0.1, 0.15) is 28.7 Å². The Morgan fingerprint density at radius 1 is 0.935 bits per heavy atom. The number of hydrogen-bond acceptors (Lipinski definition) is 5. The van der Waals surface area contributed by atoms with E-state index in [-0.39, 0.29) is 5.91 Å². The smallest absolute Gasteiger partial charge is 0.242 e. The lowest BCUT2D eigenvalue weighted by atomic mass is 9.86. The summed E-state index contributed by atoms with van der Waals surface area (Å²) in [6, 6.07) is 18.1. The maximum absolute atomic E-state index is 13.0. The predicted octanol–water partition coefficient (Wildman–Crippen LogP) is 3.18. The topological polar surface area (TPSA) is 84.0 Å². The van der Waals surface area contributed by atoms with Gasteiger partial charge in [0.25, 0.3) is 0 Å². The van der Waals surface area contributed by atoms with Gasteiger partial charge >= 0.3 is 0 Å². The minimum Gasteiger partial charge on any atom is -0.294 e. The SMILES string of the molecule is N#Cc1ccc2c(c1)CCC(N1CCN(c3cc4ccc(C#N)cc4cn3)C(=O)C1)C2. The van der Waals surface area contributed by atoms with Gasteiger partial charge in [0.2, 0.25) is 5.91 Å². The van der Waals surface area contributed by atoms with Gasteiger partial charge in [-0.25, -0.2) is 4.98 Å². The molecule has 31 heavy (non-hydrogen) atoms. The fraction of sp³-hybridized carbons (Fsp3) is 0.280. The second kappa shape index (κ2) is 7.83. The maximum Gasteiger partial charge on any atom is 0.242 e. The van der Waals surface area contributed by atoms with Crippen molar-refractivity contribution >= 4 is 22.5 Å². The predicted molar refractivity (Wildman–Crippen MR) is 117 cm³/mol. The lowest BCUT2D eigenvalue weighted by molar-refractivity contribution is -0.122. The number of nitrogens with zero attached hydrogens (tertiary/aromatic N) is 5. The largest absolute Gasteiger partial charge is 0.294 e. The first-order chi connectivity index (χ1) is 15.1. The zero-order valence-electron chi connectivity index (χ0n) is 17.1. The number of rotatable bonds is 2. The molecule has 0 saturated carbocycles. The number of carbonyl (C=O) groups is 1. The van der Waals surface area contributed by atoms with E-state index in [1.807, 2.05) is 30.3 Å². The molecule has 0 radical (unpaired) electrons. The Balaban J connectivity index is 1.29. The van der Waals surface area contributed by atoms with E-state index in [1.165, 1.54) is 11.1 Å². The molecule has 2 heterocycles. The fourth-order valence-corrected chi connectivity index (χ4v) is 4.71. The Labute approximate surface area is 180 Å². The first-order valence-corrected chi connectivity index (χ1v) is 10.5. The molecule has 0 spiro atoms. The van der Waals surface area contributed by atoms with Crippen LogP contribution in [0.25, 0.3) is 10.8 Å². The first kappa shape index (κ1) is 19.2. The monoisotopic (exact) mass is 407 g/mol. The zero-order chi connectivity index (χ0) is 21.4. The Morgan fingerprint density at radius 2 is 1.74 bits per heavy atom. The van der Waals surface area contributed by atoms with Gasteiger partial charge in [0.1, 0.15) is 5.82 Å². The van der Waals surface area contributed by atoms with Gasteiger partial charge in [-0.05, 0) is 66.1 Å². The summed E-state index contributed by atoms with van der Waals surface area (Å²) >= 11 is 0. The summed E-state index contributed by atoms with van der Waals surface area (Å²) in [6.45, 7) is 1.82. The molecule has 1 saturated heterocycles. The highest BCUT2D eigenvalue weighted by atomic mass is 16.2. The molecule has 6 heteroatoms. The number of hydrogen-bond donors (Lipinski definition) is 0. The van der Waals surface area contributed by atoms with Crippen molar-refractivity contribution in [2.45, 2.75) is 25.3 Å². The second-order valence-corrected chi connectivity index (χ2v) is 8.22. The van der Waals surface area contributed by atoms with Crippen molar-refractivity contribution in [2.24, 2.45) is 0 Å². The van der Waals surface area contributed by atoms with Gasteiger partial charge < -0.3 is 0 Å². The Kier molecular flexibility index (Phi) is 4.86. The Morgan fingerprint density at radius 3 is 2.55 bits per heavy atom. The van der Waals surface area contributed by atoms with E-state index in [0.717, 1.165) is 36.6 Å². The number of fused-ring (bicyclic) bond motifs is 2. The van der Waals surface area contributed by atoms with Gasteiger partial charge in [-0.3, -0.25) is 14.6 Å². The number of carbonyl (C=O) groups excluding carboxylic acids is 1. The van der Waals surface area contributed by atoms with E-state index >= 15 is 0 Å². The third-order valence-electron chi connectivity index (χ3n) is 6.42. The molecule has 5 rings (SSSR count). The highest BCUT2D eigenvalue weighted by molar-refractivity contribution is 5.96. The molecule has 1 unspecified atom stereocenters. The van der Waals surface area contributed by atoms with Crippen molar-refractivity contribution < 1.29 is 4.79 Å². The Hall–Kier alpha value is -3.74. The molecule has 1 aliphatic heterocycles. The van der Waals surface area contributed by atoms with Gasteiger partial charge in [-0.1, -0.05) is 12.1 Å². The van der Waals surface area contributed by atoms with Crippen molar-refractivity contribution in [1.82, 2.24) is 9.88 Å². The number of benzene rings is 2. The van der Waals surface area contributed by atoms with Crippen LogP contribution in [0, 0.1) is 22.7 Å². The molecule has 1 aromatic heterocycles. The number of amides is 1. The van der Waals surface area contributed by atoms with Gasteiger partial charge in [-0.15, -0.1) is 0 Å². The van der Waals surface area contributed by atoms with Crippen LogP contribution in [0.4, 0.5) is 5.82 Å². The number of aromatic nitrogens is 1. The molecule has 3 aromatic rings. The van der Waals surface area contributed by atoms with E-state index in [2.05, 4.69) is 28.1 Å². The minimum absolute atomic E-state index is 0.0670. The van der Waals surface area contributed by atoms with E-state index < -0.39 is 0 Å². The molecular formula is C25H21N5O. The quantitative estimate of drug-likeness (QED) is 0.651. The van der Waals surface area contributed by atoms with Crippen molar-refractivity contribution in [2.75, 3.05) is 24.5 Å². The summed E-state index contributed by atoms with van der Waals surface area (Å²) in [4.78, 5) is 21.5. The van der Waals surface area contributed by atoms with E-state index in [9.17, 15) is 4.79 Å². The molecule has 0 bridgehead atoms. The molecule has 6 nitrogen and oxygen atoms in total. The van der Waals surface area contributed by atoms with Crippen LogP contribution < -0.4 is 4.90 Å². The van der Waals surface area contributed by atoms with Gasteiger partial charge in [0.15, 0.2) is 0 Å². The third-order valence-corrected chi connectivity index (χ3v) is 6.42. The summed E-state index contributed by atoms with van der Waals surface area (Å²) in [5.41, 5.74) is 3.87. The molecule has 1 fully saturated rings. The standard InChI is InChI=1S/C25H21N5O/c26-13-17-1-3-20-11-23(6-5-19(20)9-17)29-7-8-30(25(31)16-29)24-12-21-4-2-18(14-27)10-22(21)15-28-24/h1-4,9-10,12,15,23H,5-8,11,16H2. The summed E-state index contributed by atoms with van der Waals surface area (Å²) in [5, 5.41) is 20.0. The third kappa shape index (κ3) is 3.63. The fourth-order valence-electron chi connectivity index (χ4n) is 4.71. The van der Waals surface area contributed by atoms with Gasteiger partial charge in [-0.2, -0.15) is 10.5 Å². The average Bonchev–Trinajstić information content (AvgIpc) is 2.82. The second-order valence-electron chi connectivity index (χ2n) is 8.22. The van der Waals surface area contributed by atoms with Crippen molar-refractivity contribution in [3.63, 3.8) is 0 Å². The van der Waals surface area contributed by atoms with Crippen LogP contribution >= 0.6 is 0 Å². The number of piperazine rings is 1. The maximum atomic E-state index is 13.0. The number of pyridine rings is 1. The summed E-state index contributed by atoms with van der Waals surface area (Å²) < 4.78 is 0. The van der Waals surface area contributed by atoms with E-state index in [4.69, 9.17) is 10.5 Å². The molecule has 2 aliphatic rings. The first-order valence-electron chi connectivity index (χ1n) is 10.5. The van der Waals surface area contributed by atoms with E-state index in [1.54, 1.807) is 17.2 Å². The summed E-state index contributed by atoms with van der Waals surface area (Å²) in [5.74, 6) is 0.734. The van der Waals surface area contributed by atoms with Crippen LogP contribution in [0.3, 0.4) is 0 Å². The molecule has 1 aliphatic carbocycles. The molecule has 0 N–H and O–H groups in total. The van der Waals surface area contributed by atoms with Crippen LogP contribution in [0.15, 0.2) is 48.7 Å². The van der Waals surface area contributed by atoms with Crippen molar-refractivity contribution in [1.29, 1.82) is 10.5 Å². The molecular weight excluding hydrogens is 386 g/mol. The molecule has 2 aromatic carbocycles. The van der Waals surface area contributed by atoms with Crippen LogP contribution in [-0.4, -0.2) is 41.5 Å². The average molecular weight is 407 g/mol. The lowest BCUT2D eigenvalue weighted by Crippen LogP contribution is -2.55. The number of aryl methyl sites for hydroxylation is 1. The summed E-state index contributed by atoms with van der Waals surface area (Å²) in [6.07, 6.45) is 4.61. The zero-order valence-corrected chi connectivity index (χ0v) is 17.1. The number of nitriles is 2. The number of anilines is 1. The van der Waals surface area contributed by atoms with Crippen LogP contribution in [-0.2, 0) is 17.6 Å². The highest BCUT2D eigenvalue weighted by Gasteiger charge is 2.32. The molecule has 1 atom stereocenters. The van der Waals surface area contributed by atoms with E-state index in [0.29, 0.717) is 36.1 Å². The molecule has 152 valence electrons. The Bertz CT molecular complexity index is 1270. The van der Waals surface area contributed by atoms with Crippen LogP contribution in [0.5, 0.6) is 0 Å². The van der Waals surface area contributed by atoms with Crippen molar-refractivity contribution in [3.05, 3.63) is 70.9 Å². The highest BCUT2D eigenvalue weighted by Crippen LogP contribution is 2.28. The van der Waals surface area contributed by atoms with Gasteiger partial charge in [0, 0.05) is 30.7 Å². The minimum atomic E-state index is 0.0670.